The van der Waals surface area contributed by atoms with Crippen LogP contribution < -0.4 is 10.9 Å². The van der Waals surface area contributed by atoms with Gasteiger partial charge in [-0.1, -0.05) is 0 Å². The zero-order chi connectivity index (χ0) is 11.6. The molecule has 0 spiro atoms. The van der Waals surface area contributed by atoms with E-state index in [0.717, 1.165) is 29.5 Å². The van der Waals surface area contributed by atoms with Crippen molar-refractivity contribution in [1.82, 2.24) is 9.97 Å². The summed E-state index contributed by atoms with van der Waals surface area (Å²) in [6.07, 6.45) is 4.30. The van der Waals surface area contributed by atoms with Crippen LogP contribution in [0, 0.1) is 30.6 Å². The topological polar surface area (TPSA) is 57.8 Å². The number of aryl methyl sites for hydroxylation is 1. The molecule has 1 heterocycles. The standard InChI is InChI=1S/C13H17N3O/c1-6-14-9(5-10(17)15-6)16-13-11-7-2-3-8(4-7)12(11)13/h5,7-8,11-13H,2-4H2,1H3,(H2,14,15,16,17). The summed E-state index contributed by atoms with van der Waals surface area (Å²) in [4.78, 5) is 18.4. The fourth-order valence-electron chi connectivity index (χ4n) is 4.34. The molecule has 0 radical (unpaired) electrons. The molecule has 0 amide bonds. The van der Waals surface area contributed by atoms with Gasteiger partial charge in [0.2, 0.25) is 0 Å². The lowest BCUT2D eigenvalue weighted by Gasteiger charge is -2.11. The first-order chi connectivity index (χ1) is 8.22. The predicted molar refractivity (Wildman–Crippen MR) is 64.8 cm³/mol. The van der Waals surface area contributed by atoms with Crippen molar-refractivity contribution >= 4 is 5.82 Å². The molecule has 3 aliphatic carbocycles. The number of fused-ring (bicyclic) bond motifs is 5. The van der Waals surface area contributed by atoms with Crippen molar-refractivity contribution in [3.8, 4) is 0 Å². The second kappa shape index (κ2) is 3.12. The van der Waals surface area contributed by atoms with Gasteiger partial charge in [-0.25, -0.2) is 4.98 Å². The fraction of sp³-hybridized carbons (Fsp3) is 0.692. The molecule has 4 heteroatoms. The Morgan fingerprint density at radius 2 is 2.06 bits per heavy atom. The second-order valence-corrected chi connectivity index (χ2v) is 5.87. The highest BCUT2D eigenvalue weighted by molar-refractivity contribution is 5.39. The van der Waals surface area contributed by atoms with Crippen molar-refractivity contribution in [2.75, 3.05) is 5.32 Å². The molecule has 3 saturated carbocycles. The van der Waals surface area contributed by atoms with Crippen LogP contribution in [0.5, 0.6) is 0 Å². The number of aromatic nitrogens is 2. The van der Waals surface area contributed by atoms with Gasteiger partial charge in [0.15, 0.2) is 0 Å². The van der Waals surface area contributed by atoms with E-state index in [1.807, 2.05) is 6.92 Å². The van der Waals surface area contributed by atoms with Gasteiger partial charge in [0.1, 0.15) is 11.6 Å². The van der Waals surface area contributed by atoms with E-state index < -0.39 is 0 Å². The molecule has 4 rings (SSSR count). The van der Waals surface area contributed by atoms with Crippen molar-refractivity contribution in [2.24, 2.45) is 23.7 Å². The Hall–Kier alpha value is -1.32. The monoisotopic (exact) mass is 231 g/mol. The molecule has 3 aliphatic rings. The van der Waals surface area contributed by atoms with E-state index >= 15 is 0 Å². The summed E-state index contributed by atoms with van der Waals surface area (Å²) in [6, 6.07) is 2.16. The van der Waals surface area contributed by atoms with E-state index in [4.69, 9.17) is 0 Å². The number of nitrogens with zero attached hydrogens (tertiary/aromatic N) is 1. The summed E-state index contributed by atoms with van der Waals surface area (Å²) in [5.41, 5.74) is -0.0613. The number of anilines is 1. The lowest BCUT2D eigenvalue weighted by atomic mass is 10.0. The average Bonchev–Trinajstić information content (AvgIpc) is 2.69. The average molecular weight is 231 g/mol. The smallest absolute Gasteiger partial charge is 0.252 e. The maximum Gasteiger partial charge on any atom is 0.252 e. The van der Waals surface area contributed by atoms with Crippen molar-refractivity contribution in [1.29, 1.82) is 0 Å². The molecule has 90 valence electrons. The Labute approximate surface area is 99.8 Å². The van der Waals surface area contributed by atoms with Crippen LogP contribution in [0.15, 0.2) is 10.9 Å². The fourth-order valence-corrected chi connectivity index (χ4v) is 4.34. The van der Waals surface area contributed by atoms with E-state index in [-0.39, 0.29) is 5.56 Å². The first kappa shape index (κ1) is 9.68. The van der Waals surface area contributed by atoms with E-state index in [9.17, 15) is 4.79 Å². The SMILES string of the molecule is Cc1nc(NC2C3C4CCC(C4)C23)cc(=O)[nH]1. The normalized spacial score (nSPS) is 41.4. The van der Waals surface area contributed by atoms with Crippen molar-refractivity contribution < 1.29 is 0 Å². The van der Waals surface area contributed by atoms with E-state index in [0.29, 0.717) is 11.9 Å². The summed E-state index contributed by atoms with van der Waals surface area (Å²) in [6.45, 7) is 1.82. The minimum Gasteiger partial charge on any atom is -0.367 e. The molecule has 4 atom stereocenters. The van der Waals surface area contributed by atoms with Crippen LogP contribution in [0.2, 0.25) is 0 Å². The summed E-state index contributed by atoms with van der Waals surface area (Å²) in [5, 5.41) is 3.47. The van der Waals surface area contributed by atoms with Gasteiger partial charge in [-0.05, 0) is 49.9 Å². The zero-order valence-corrected chi connectivity index (χ0v) is 9.94. The number of nitrogens with one attached hydrogen (secondary N) is 2. The highest BCUT2D eigenvalue weighted by Gasteiger charge is 2.65. The molecule has 17 heavy (non-hydrogen) atoms. The molecule has 4 unspecified atom stereocenters. The molecular weight excluding hydrogens is 214 g/mol. The minimum absolute atomic E-state index is 0.0613. The van der Waals surface area contributed by atoms with Crippen LogP contribution in [-0.4, -0.2) is 16.0 Å². The highest BCUT2D eigenvalue weighted by atomic mass is 16.1. The van der Waals surface area contributed by atoms with Crippen molar-refractivity contribution in [2.45, 2.75) is 32.2 Å². The lowest BCUT2D eigenvalue weighted by molar-refractivity contribution is 0.456. The summed E-state index contributed by atoms with van der Waals surface area (Å²) < 4.78 is 0. The Morgan fingerprint density at radius 3 is 2.71 bits per heavy atom. The molecule has 0 saturated heterocycles. The zero-order valence-electron chi connectivity index (χ0n) is 9.94. The number of hydrogen-bond acceptors (Lipinski definition) is 3. The Balaban J connectivity index is 1.54. The Morgan fingerprint density at radius 1 is 1.35 bits per heavy atom. The molecule has 3 fully saturated rings. The van der Waals surface area contributed by atoms with Gasteiger partial charge in [-0.3, -0.25) is 4.79 Å². The van der Waals surface area contributed by atoms with Gasteiger partial charge >= 0.3 is 0 Å². The largest absolute Gasteiger partial charge is 0.367 e. The Kier molecular flexibility index (Phi) is 1.78. The van der Waals surface area contributed by atoms with E-state index in [1.165, 1.54) is 19.3 Å². The molecule has 0 aliphatic heterocycles. The number of H-pyrrole nitrogens is 1. The van der Waals surface area contributed by atoms with Crippen LogP contribution >= 0.6 is 0 Å². The first-order valence-corrected chi connectivity index (χ1v) is 6.57. The molecule has 0 aromatic carbocycles. The molecule has 4 nitrogen and oxygen atoms in total. The maximum atomic E-state index is 11.4. The number of hydrogen-bond donors (Lipinski definition) is 2. The van der Waals surface area contributed by atoms with Crippen LogP contribution in [0.1, 0.15) is 25.1 Å². The van der Waals surface area contributed by atoms with Crippen LogP contribution in [0.3, 0.4) is 0 Å². The lowest BCUT2D eigenvalue weighted by Crippen LogP contribution is -2.17. The minimum atomic E-state index is -0.0613. The van der Waals surface area contributed by atoms with Gasteiger partial charge in [0, 0.05) is 12.1 Å². The first-order valence-electron chi connectivity index (χ1n) is 6.57. The second-order valence-electron chi connectivity index (χ2n) is 5.87. The third-order valence-corrected chi connectivity index (χ3v) is 4.91. The van der Waals surface area contributed by atoms with Crippen LogP contribution in [-0.2, 0) is 0 Å². The van der Waals surface area contributed by atoms with E-state index in [2.05, 4.69) is 15.3 Å². The van der Waals surface area contributed by atoms with Gasteiger partial charge < -0.3 is 10.3 Å². The maximum absolute atomic E-state index is 11.4. The quantitative estimate of drug-likeness (QED) is 0.811. The summed E-state index contributed by atoms with van der Waals surface area (Å²) >= 11 is 0. The molecular formula is C13H17N3O. The van der Waals surface area contributed by atoms with Crippen LogP contribution in [0.25, 0.3) is 0 Å². The molecule has 2 N–H and O–H groups in total. The van der Waals surface area contributed by atoms with Gasteiger partial charge in [0.05, 0.1) is 0 Å². The van der Waals surface area contributed by atoms with E-state index in [1.54, 1.807) is 6.07 Å². The van der Waals surface area contributed by atoms with Crippen LogP contribution in [0.4, 0.5) is 5.82 Å². The van der Waals surface area contributed by atoms with Crippen molar-refractivity contribution in [3.05, 3.63) is 22.2 Å². The molecule has 2 bridgehead atoms. The molecule has 1 aromatic rings. The van der Waals surface area contributed by atoms with Gasteiger partial charge in [-0.15, -0.1) is 0 Å². The van der Waals surface area contributed by atoms with Crippen molar-refractivity contribution in [3.63, 3.8) is 0 Å². The summed E-state index contributed by atoms with van der Waals surface area (Å²) in [7, 11) is 0. The van der Waals surface area contributed by atoms with Gasteiger partial charge in [0.25, 0.3) is 5.56 Å². The third-order valence-electron chi connectivity index (χ3n) is 4.91. The summed E-state index contributed by atoms with van der Waals surface area (Å²) in [5.74, 6) is 5.08. The molecule has 1 aromatic heterocycles. The van der Waals surface area contributed by atoms with Gasteiger partial charge in [-0.2, -0.15) is 0 Å². The predicted octanol–water partition coefficient (Wildman–Crippen LogP) is 1.53. The highest BCUT2D eigenvalue weighted by Crippen LogP contribution is 2.66. The number of aromatic amines is 1. The third kappa shape index (κ3) is 1.36. The Bertz CT molecular complexity index is 508. The number of rotatable bonds is 2.